The van der Waals surface area contributed by atoms with E-state index >= 15 is 0 Å². The third-order valence-corrected chi connectivity index (χ3v) is 10.7. The van der Waals surface area contributed by atoms with Crippen molar-refractivity contribution in [1.29, 1.82) is 0 Å². The van der Waals surface area contributed by atoms with E-state index in [1.54, 1.807) is 36.5 Å². The number of aliphatic hydroxyl groups is 2. The van der Waals surface area contributed by atoms with Crippen LogP contribution in [0, 0.1) is 0 Å². The van der Waals surface area contributed by atoms with Crippen molar-refractivity contribution in [2.45, 2.75) is 167 Å². The van der Waals surface area contributed by atoms with E-state index in [4.69, 9.17) is 18.5 Å². The van der Waals surface area contributed by atoms with E-state index < -0.39 is 44.7 Å². The molecule has 370 valence electrons. The van der Waals surface area contributed by atoms with Crippen molar-refractivity contribution < 1.29 is 52.3 Å². The molecule has 0 saturated carbocycles. The molecular formula is C53H88NO10P. The maximum Gasteiger partial charge on any atom is 0.306 e. The molecule has 0 aromatic carbocycles. The first-order chi connectivity index (χ1) is 31.3. The Balaban J connectivity index is 4.57. The van der Waals surface area contributed by atoms with Gasteiger partial charge >= 0.3 is 11.9 Å². The average Bonchev–Trinajstić information content (AvgIpc) is 3.25. The zero-order valence-electron chi connectivity index (χ0n) is 40.9. The zero-order valence-corrected chi connectivity index (χ0v) is 41.8. The van der Waals surface area contributed by atoms with Gasteiger partial charge in [0, 0.05) is 12.8 Å². The van der Waals surface area contributed by atoms with Crippen LogP contribution in [-0.2, 0) is 32.7 Å². The van der Waals surface area contributed by atoms with E-state index in [1.165, 1.54) is 32.1 Å². The van der Waals surface area contributed by atoms with Crippen LogP contribution in [0.1, 0.15) is 149 Å². The van der Waals surface area contributed by atoms with Crippen molar-refractivity contribution in [2.24, 2.45) is 0 Å². The Morgan fingerprint density at radius 2 is 1.09 bits per heavy atom. The van der Waals surface area contributed by atoms with Gasteiger partial charge in [0.15, 0.2) is 6.10 Å². The monoisotopic (exact) mass is 930 g/mol. The number of nitrogens with zero attached hydrogens (tertiary/aromatic N) is 1. The summed E-state index contributed by atoms with van der Waals surface area (Å²) in [6.45, 7) is 3.77. The molecular weight excluding hydrogens is 842 g/mol. The van der Waals surface area contributed by atoms with Crippen molar-refractivity contribution in [3.63, 3.8) is 0 Å². The Kier molecular flexibility index (Phi) is 40.9. The number of phosphoric ester groups is 1. The third-order valence-electron chi connectivity index (χ3n) is 9.71. The van der Waals surface area contributed by atoms with Crippen LogP contribution in [-0.4, -0.2) is 92.5 Å². The number of hydrogen-bond donors (Lipinski definition) is 2. The summed E-state index contributed by atoms with van der Waals surface area (Å²) in [5, 5.41) is 20.0. The van der Waals surface area contributed by atoms with Gasteiger partial charge in [-0.05, 0) is 77.0 Å². The number of hydrogen-bond acceptors (Lipinski definition) is 10. The molecule has 0 amide bonds. The predicted octanol–water partition coefficient (Wildman–Crippen LogP) is 11.6. The molecule has 12 heteroatoms. The SMILES string of the molecule is CC/C=C\C[C@H](O)/C=C/C=C\C=C\[C@H](O)C/C=C\C/C=C\CCC(=O)O[C@H](COC(=O)CCCCCCCC/C=C\C/C=C\C/C=C\CCCCCC)COP(=O)([O-])OCC[N+](C)(C)C. The van der Waals surface area contributed by atoms with Crippen LogP contribution in [0.4, 0.5) is 0 Å². The van der Waals surface area contributed by atoms with Crippen molar-refractivity contribution >= 4 is 19.8 Å². The second-order valence-corrected chi connectivity index (χ2v) is 18.5. The largest absolute Gasteiger partial charge is 0.756 e. The fourth-order valence-electron chi connectivity index (χ4n) is 5.86. The molecule has 2 N–H and O–H groups in total. The van der Waals surface area contributed by atoms with Crippen LogP contribution in [0.25, 0.3) is 0 Å². The molecule has 0 fully saturated rings. The summed E-state index contributed by atoms with van der Waals surface area (Å²) in [5.74, 6) is -1.03. The number of carbonyl (C=O) groups excluding carboxylic acids is 2. The summed E-state index contributed by atoms with van der Waals surface area (Å²) in [6.07, 6.45) is 51.9. The predicted molar refractivity (Wildman–Crippen MR) is 266 cm³/mol. The molecule has 0 radical (unpaired) electrons. The summed E-state index contributed by atoms with van der Waals surface area (Å²) in [6, 6.07) is 0. The summed E-state index contributed by atoms with van der Waals surface area (Å²) >= 11 is 0. The maximum absolute atomic E-state index is 12.7. The number of quaternary nitrogens is 1. The van der Waals surface area contributed by atoms with Crippen LogP contribution in [0.15, 0.2) is 109 Å². The van der Waals surface area contributed by atoms with Crippen LogP contribution in [0.3, 0.4) is 0 Å². The normalized spacial score (nSPS) is 15.4. The second kappa shape index (κ2) is 43.2. The number of unbranched alkanes of at least 4 members (excludes halogenated alkanes) is 10. The number of aliphatic hydroxyl groups excluding tert-OH is 2. The van der Waals surface area contributed by atoms with Gasteiger partial charge in [0.2, 0.25) is 0 Å². The van der Waals surface area contributed by atoms with Crippen molar-refractivity contribution in [1.82, 2.24) is 0 Å². The molecule has 1 unspecified atom stereocenters. The fourth-order valence-corrected chi connectivity index (χ4v) is 6.59. The lowest BCUT2D eigenvalue weighted by Gasteiger charge is -2.28. The Bertz CT molecular complexity index is 1500. The van der Waals surface area contributed by atoms with E-state index in [1.807, 2.05) is 64.5 Å². The van der Waals surface area contributed by atoms with Gasteiger partial charge in [0.05, 0.1) is 40.0 Å². The molecule has 0 aliphatic carbocycles. The first-order valence-corrected chi connectivity index (χ1v) is 25.8. The smallest absolute Gasteiger partial charge is 0.306 e. The molecule has 0 spiro atoms. The molecule has 4 atom stereocenters. The van der Waals surface area contributed by atoms with Crippen molar-refractivity contribution in [3.8, 4) is 0 Å². The molecule has 0 aliphatic rings. The van der Waals surface area contributed by atoms with E-state index in [0.29, 0.717) is 43.1 Å². The van der Waals surface area contributed by atoms with Crippen molar-refractivity contribution in [3.05, 3.63) is 109 Å². The number of carbonyl (C=O) groups is 2. The number of phosphoric acid groups is 1. The lowest BCUT2D eigenvalue weighted by Crippen LogP contribution is -2.37. The van der Waals surface area contributed by atoms with Gasteiger partial charge in [-0.25, -0.2) is 0 Å². The molecule has 0 aliphatic heterocycles. The van der Waals surface area contributed by atoms with E-state index in [0.717, 1.165) is 57.8 Å². The van der Waals surface area contributed by atoms with Crippen LogP contribution in [0.2, 0.25) is 0 Å². The minimum absolute atomic E-state index is 0.0335. The quantitative estimate of drug-likeness (QED) is 0.0151. The van der Waals surface area contributed by atoms with E-state index in [9.17, 15) is 29.3 Å². The highest BCUT2D eigenvalue weighted by Gasteiger charge is 2.21. The minimum atomic E-state index is -4.69. The molecule has 0 rings (SSSR count). The Hall–Kier alpha value is -3.41. The average molecular weight is 930 g/mol. The lowest BCUT2D eigenvalue weighted by molar-refractivity contribution is -0.870. The first-order valence-electron chi connectivity index (χ1n) is 24.3. The number of esters is 2. The Morgan fingerprint density at radius 3 is 1.66 bits per heavy atom. The van der Waals surface area contributed by atoms with Gasteiger partial charge in [-0.2, -0.15) is 0 Å². The van der Waals surface area contributed by atoms with Crippen molar-refractivity contribution in [2.75, 3.05) is 47.5 Å². The summed E-state index contributed by atoms with van der Waals surface area (Å²) < 4.78 is 33.8. The summed E-state index contributed by atoms with van der Waals surface area (Å²) in [5.41, 5.74) is 0. The topological polar surface area (TPSA) is 152 Å². The summed E-state index contributed by atoms with van der Waals surface area (Å²) in [7, 11) is 1.02. The number of likely N-dealkylation sites (N-methyl/N-ethyl adjacent to an activating group) is 1. The second-order valence-electron chi connectivity index (χ2n) is 17.1. The molecule has 0 heterocycles. The lowest BCUT2D eigenvalue weighted by atomic mass is 10.1. The Morgan fingerprint density at radius 1 is 0.585 bits per heavy atom. The highest BCUT2D eigenvalue weighted by molar-refractivity contribution is 7.45. The molecule has 11 nitrogen and oxygen atoms in total. The third kappa shape index (κ3) is 46.9. The molecule has 0 aromatic rings. The maximum atomic E-state index is 12.7. The number of allylic oxidation sites excluding steroid dienone is 14. The van der Waals surface area contributed by atoms with Crippen LogP contribution >= 0.6 is 7.82 Å². The molecule has 0 bridgehead atoms. The minimum Gasteiger partial charge on any atom is -0.756 e. The first kappa shape index (κ1) is 61.6. The molecule has 65 heavy (non-hydrogen) atoms. The van der Waals surface area contributed by atoms with E-state index in [2.05, 4.69) is 43.4 Å². The molecule has 0 saturated heterocycles. The van der Waals surface area contributed by atoms with Gasteiger partial charge in [0.25, 0.3) is 7.82 Å². The van der Waals surface area contributed by atoms with Gasteiger partial charge in [-0.3, -0.25) is 14.2 Å². The molecule has 0 aromatic heterocycles. The Labute approximate surface area is 394 Å². The highest BCUT2D eigenvalue weighted by atomic mass is 31.2. The van der Waals surface area contributed by atoms with Gasteiger partial charge in [0.1, 0.15) is 19.8 Å². The number of rotatable bonds is 42. The standard InChI is InChI=1S/C53H88NO10P/c1-6-8-10-11-12-13-14-15-16-17-18-19-20-21-22-23-24-25-29-37-43-52(57)61-47-51(48-63-65(59,60)62-46-45-54(3,4)5)64-53(58)44-38-30-27-26-28-34-40-50(56)42-36-32-31-35-41-49(55)39-33-9-7-2/h9,13-14,16-17,19-20,27-28,30-36,41-42,49-51,55-56H,6-8,10-12,15,18,21-26,29,37-40,43-48H2,1-5H3/b14-13-,17-16-,20-19-,30-27-,32-31-,33-9-,34-28-,41-35+,42-36+/t49-,50+,51+/m0/s1. The van der Waals surface area contributed by atoms with Gasteiger partial charge in [-0.15, -0.1) is 0 Å². The van der Waals surface area contributed by atoms with E-state index in [-0.39, 0.29) is 26.1 Å². The number of ether oxygens (including phenoxy) is 2. The summed E-state index contributed by atoms with van der Waals surface area (Å²) in [4.78, 5) is 37.6. The van der Waals surface area contributed by atoms with Gasteiger partial charge in [-0.1, -0.05) is 168 Å². The zero-order chi connectivity index (χ0) is 48.1. The van der Waals surface area contributed by atoms with Crippen LogP contribution < -0.4 is 4.89 Å². The highest BCUT2D eigenvalue weighted by Crippen LogP contribution is 2.38. The fraction of sp³-hybridized carbons (Fsp3) is 0.623. The van der Waals surface area contributed by atoms with Crippen LogP contribution in [0.5, 0.6) is 0 Å². The van der Waals surface area contributed by atoms with Gasteiger partial charge < -0.3 is 38.1 Å².